The number of piperidine rings is 1. The first-order chi connectivity index (χ1) is 13.6. The molecular weight excluding hydrogens is 359 g/mol. The molecule has 2 aromatic rings. The van der Waals surface area contributed by atoms with Crippen LogP contribution in [0.2, 0.25) is 0 Å². The molecule has 0 aliphatic carbocycles. The molecule has 2 aromatic carbocycles. The molecule has 6 heteroatoms. The number of hydrogen-bond donors (Lipinski definition) is 1. The van der Waals surface area contributed by atoms with Crippen LogP contribution in [0.1, 0.15) is 36.0 Å². The zero-order chi connectivity index (χ0) is 19.9. The molecule has 1 aliphatic rings. The minimum atomic E-state index is -0.847. The second kappa shape index (κ2) is 9.26. The Morgan fingerprint density at radius 3 is 2.11 bits per heavy atom. The summed E-state index contributed by atoms with van der Waals surface area (Å²) in [4.78, 5) is 37.9. The zero-order valence-electron chi connectivity index (χ0n) is 15.6. The molecule has 5 nitrogen and oxygen atoms in total. The second-order valence-electron chi connectivity index (χ2n) is 6.90. The lowest BCUT2D eigenvalue weighted by molar-refractivity contribution is -0.135. The molecule has 0 unspecified atom stereocenters. The summed E-state index contributed by atoms with van der Waals surface area (Å²) in [6.07, 6.45) is 3.59. The number of nitrogens with zero attached hydrogens (tertiary/aromatic N) is 1. The quantitative estimate of drug-likeness (QED) is 0.781. The molecule has 0 bridgehead atoms. The Balaban J connectivity index is 1.68. The van der Waals surface area contributed by atoms with Crippen molar-refractivity contribution in [2.24, 2.45) is 0 Å². The summed E-state index contributed by atoms with van der Waals surface area (Å²) < 4.78 is 13.0. The van der Waals surface area contributed by atoms with E-state index in [2.05, 4.69) is 5.32 Å². The molecule has 1 saturated heterocycles. The highest BCUT2D eigenvalue weighted by Gasteiger charge is 2.27. The van der Waals surface area contributed by atoms with Gasteiger partial charge in [0.25, 0.3) is 5.91 Å². The molecule has 2 amide bonds. The smallest absolute Gasteiger partial charge is 0.251 e. The maximum Gasteiger partial charge on any atom is 0.251 e. The summed E-state index contributed by atoms with van der Waals surface area (Å²) in [5.41, 5.74) is 2.09. The molecular formula is C22H23FN2O3. The summed E-state index contributed by atoms with van der Waals surface area (Å²) in [7, 11) is 0. The van der Waals surface area contributed by atoms with Crippen molar-refractivity contribution in [3.8, 4) is 11.1 Å². The van der Waals surface area contributed by atoms with E-state index < -0.39 is 11.9 Å². The molecule has 1 heterocycles. The van der Waals surface area contributed by atoms with Crippen molar-refractivity contribution in [2.45, 2.75) is 31.7 Å². The van der Waals surface area contributed by atoms with E-state index >= 15 is 0 Å². The van der Waals surface area contributed by atoms with Gasteiger partial charge < -0.3 is 15.0 Å². The van der Waals surface area contributed by atoms with E-state index in [0.717, 1.165) is 30.4 Å². The van der Waals surface area contributed by atoms with E-state index in [1.807, 2.05) is 0 Å². The Morgan fingerprint density at radius 2 is 1.54 bits per heavy atom. The molecule has 1 aliphatic heterocycles. The topological polar surface area (TPSA) is 66.5 Å². The number of aldehydes is 1. The Bertz CT molecular complexity index is 828. The first-order valence-corrected chi connectivity index (χ1v) is 9.48. The first kappa shape index (κ1) is 19.7. The minimum absolute atomic E-state index is 0.0469. The van der Waals surface area contributed by atoms with Crippen molar-refractivity contribution in [1.82, 2.24) is 10.2 Å². The maximum absolute atomic E-state index is 13.0. The highest BCUT2D eigenvalue weighted by atomic mass is 19.1. The van der Waals surface area contributed by atoms with E-state index in [1.165, 1.54) is 12.1 Å². The van der Waals surface area contributed by atoms with Gasteiger partial charge in [-0.25, -0.2) is 4.39 Å². The fourth-order valence-corrected chi connectivity index (χ4v) is 3.35. The summed E-state index contributed by atoms with van der Waals surface area (Å²) >= 11 is 0. The van der Waals surface area contributed by atoms with Crippen LogP contribution in [0.15, 0.2) is 48.5 Å². The van der Waals surface area contributed by atoms with Crippen LogP contribution in [0.3, 0.4) is 0 Å². The van der Waals surface area contributed by atoms with Crippen molar-refractivity contribution in [2.75, 3.05) is 13.1 Å². The number of carbonyl (C=O) groups excluding carboxylic acids is 3. The Morgan fingerprint density at radius 1 is 0.964 bits per heavy atom. The van der Waals surface area contributed by atoms with Gasteiger partial charge >= 0.3 is 0 Å². The Hall–Kier alpha value is -3.02. The van der Waals surface area contributed by atoms with Crippen LogP contribution >= 0.6 is 0 Å². The van der Waals surface area contributed by atoms with Crippen LogP contribution in [0.4, 0.5) is 4.39 Å². The van der Waals surface area contributed by atoms with Gasteiger partial charge in [0.1, 0.15) is 18.1 Å². The Kier molecular flexibility index (Phi) is 6.53. The summed E-state index contributed by atoms with van der Waals surface area (Å²) in [5.74, 6) is -0.912. The number of nitrogens with one attached hydrogen (secondary N) is 1. The average Bonchev–Trinajstić information content (AvgIpc) is 2.74. The van der Waals surface area contributed by atoms with Crippen molar-refractivity contribution in [3.63, 3.8) is 0 Å². The van der Waals surface area contributed by atoms with Gasteiger partial charge in [-0.3, -0.25) is 9.59 Å². The number of carbonyl (C=O) groups is 3. The number of hydrogen-bond acceptors (Lipinski definition) is 3. The van der Waals surface area contributed by atoms with Gasteiger partial charge in [0, 0.05) is 25.1 Å². The minimum Gasteiger partial charge on any atom is -0.341 e. The summed E-state index contributed by atoms with van der Waals surface area (Å²) in [6.45, 7) is 1.33. The van der Waals surface area contributed by atoms with Crippen molar-refractivity contribution in [1.29, 1.82) is 0 Å². The molecule has 0 saturated carbocycles. The van der Waals surface area contributed by atoms with E-state index in [0.29, 0.717) is 24.9 Å². The summed E-state index contributed by atoms with van der Waals surface area (Å²) in [6, 6.07) is 12.1. The lowest BCUT2D eigenvalue weighted by Crippen LogP contribution is -2.50. The molecule has 0 spiro atoms. The van der Waals surface area contributed by atoms with Crippen LogP contribution in [0.25, 0.3) is 11.1 Å². The monoisotopic (exact) mass is 382 g/mol. The van der Waals surface area contributed by atoms with Crippen LogP contribution in [-0.2, 0) is 9.59 Å². The fourth-order valence-electron chi connectivity index (χ4n) is 3.35. The van der Waals surface area contributed by atoms with E-state index in [-0.39, 0.29) is 18.1 Å². The highest BCUT2D eigenvalue weighted by Crippen LogP contribution is 2.20. The third-order valence-electron chi connectivity index (χ3n) is 4.93. The molecule has 1 atom stereocenters. The largest absolute Gasteiger partial charge is 0.341 e. The predicted octanol–water partition coefficient (Wildman–Crippen LogP) is 3.19. The van der Waals surface area contributed by atoms with E-state index in [1.54, 1.807) is 41.3 Å². The van der Waals surface area contributed by atoms with Gasteiger partial charge in [0.05, 0.1) is 0 Å². The normalized spacial score (nSPS) is 15.0. The highest BCUT2D eigenvalue weighted by molar-refractivity contribution is 5.98. The lowest BCUT2D eigenvalue weighted by atomic mass is 10.0. The molecule has 28 heavy (non-hydrogen) atoms. The van der Waals surface area contributed by atoms with Crippen LogP contribution < -0.4 is 5.32 Å². The molecule has 1 fully saturated rings. The Labute approximate surface area is 163 Å². The van der Waals surface area contributed by atoms with Crippen molar-refractivity contribution >= 4 is 18.1 Å². The van der Waals surface area contributed by atoms with Gasteiger partial charge in [-0.2, -0.15) is 0 Å². The van der Waals surface area contributed by atoms with Gasteiger partial charge in [0.15, 0.2) is 0 Å². The number of likely N-dealkylation sites (tertiary alicyclic amines) is 1. The first-order valence-electron chi connectivity index (χ1n) is 9.48. The molecule has 3 rings (SSSR count). The molecule has 0 radical (unpaired) electrons. The number of halogens is 1. The van der Waals surface area contributed by atoms with Gasteiger partial charge in [-0.15, -0.1) is 0 Å². The number of amides is 2. The molecule has 146 valence electrons. The number of benzene rings is 2. The fraction of sp³-hybridized carbons (Fsp3) is 0.318. The maximum atomic E-state index is 13.0. The van der Waals surface area contributed by atoms with Gasteiger partial charge in [0.2, 0.25) is 5.91 Å². The third kappa shape index (κ3) is 4.82. The van der Waals surface area contributed by atoms with Crippen LogP contribution in [-0.4, -0.2) is 42.1 Å². The van der Waals surface area contributed by atoms with Crippen molar-refractivity contribution < 1.29 is 18.8 Å². The predicted molar refractivity (Wildman–Crippen MR) is 104 cm³/mol. The van der Waals surface area contributed by atoms with Crippen LogP contribution in [0, 0.1) is 5.82 Å². The van der Waals surface area contributed by atoms with Crippen molar-refractivity contribution in [3.05, 3.63) is 59.9 Å². The lowest BCUT2D eigenvalue weighted by Gasteiger charge is -2.30. The van der Waals surface area contributed by atoms with E-state index in [9.17, 15) is 18.8 Å². The standard InChI is InChI=1S/C22H23FN2O3/c23-19-10-8-17(9-11-19)16-4-6-18(7-5-16)21(27)24-20(12-15-26)22(28)25-13-2-1-3-14-25/h4-11,15,20H,1-3,12-14H2,(H,24,27)/t20-/m0/s1. The van der Waals surface area contributed by atoms with Gasteiger partial charge in [-0.1, -0.05) is 24.3 Å². The van der Waals surface area contributed by atoms with Gasteiger partial charge in [-0.05, 0) is 54.7 Å². The average molecular weight is 382 g/mol. The SMILES string of the molecule is O=CC[C@H](NC(=O)c1ccc(-c2ccc(F)cc2)cc1)C(=O)N1CCCCC1. The number of rotatable bonds is 6. The molecule has 1 N–H and O–H groups in total. The van der Waals surface area contributed by atoms with E-state index in [4.69, 9.17) is 0 Å². The molecule has 0 aromatic heterocycles. The second-order valence-corrected chi connectivity index (χ2v) is 6.90. The third-order valence-corrected chi connectivity index (χ3v) is 4.93. The zero-order valence-corrected chi connectivity index (χ0v) is 15.6. The summed E-state index contributed by atoms with van der Waals surface area (Å²) in [5, 5.41) is 2.69. The van der Waals surface area contributed by atoms with Crippen LogP contribution in [0.5, 0.6) is 0 Å².